The molecule has 1 aromatic heterocycles. The number of aryl methyl sites for hydroxylation is 1. The topological polar surface area (TPSA) is 282 Å². The zero-order valence-electron chi connectivity index (χ0n) is 26.8. The van der Waals surface area contributed by atoms with Crippen molar-refractivity contribution in [3.05, 3.63) is 40.4 Å². The SMILES string of the molecule is CC(O/N=C(\C(=O)N[C@@H]1C(=O)N(OS(=O)(=O)O)C1(C)C)c1csc(N)n1)(C(=O)O)[C@H]1CCc2cc(C(=N)N[C@@H]3CCC[C@H](N)C3)ccc2O1. The average Bonchev–Trinajstić information content (AvgIpc) is 3.46. The molecule has 49 heavy (non-hydrogen) atoms. The van der Waals surface area contributed by atoms with Crippen LogP contribution in [0.4, 0.5) is 5.13 Å². The van der Waals surface area contributed by atoms with Gasteiger partial charge in [0, 0.05) is 23.0 Å². The number of thiazole rings is 1. The van der Waals surface area contributed by atoms with E-state index in [-0.39, 0.29) is 35.2 Å². The zero-order valence-corrected chi connectivity index (χ0v) is 28.5. The Morgan fingerprint density at radius 1 is 1.27 bits per heavy atom. The predicted molar refractivity (Wildman–Crippen MR) is 175 cm³/mol. The molecule has 3 heterocycles. The molecule has 2 aliphatic heterocycles. The van der Waals surface area contributed by atoms with Gasteiger partial charge in [0.2, 0.25) is 0 Å². The summed E-state index contributed by atoms with van der Waals surface area (Å²) in [5.41, 5.74) is 9.10. The molecular weight excluding hydrogens is 684 g/mol. The van der Waals surface area contributed by atoms with Gasteiger partial charge in [-0.25, -0.2) is 9.78 Å². The molecule has 2 amide bonds. The van der Waals surface area contributed by atoms with Crippen LogP contribution in [0.25, 0.3) is 0 Å². The molecule has 9 N–H and O–H groups in total. The minimum atomic E-state index is -5.03. The number of ether oxygens (including phenoxy) is 1. The van der Waals surface area contributed by atoms with Gasteiger partial charge >= 0.3 is 16.4 Å². The number of nitrogens with zero attached hydrogens (tertiary/aromatic N) is 3. The minimum Gasteiger partial charge on any atom is -0.485 e. The van der Waals surface area contributed by atoms with E-state index >= 15 is 0 Å². The number of hydroxylamine groups is 2. The highest BCUT2D eigenvalue weighted by Crippen LogP contribution is 2.35. The quantitative estimate of drug-likeness (QED) is 0.0553. The van der Waals surface area contributed by atoms with Crippen molar-refractivity contribution in [2.24, 2.45) is 10.9 Å². The normalized spacial score (nSPS) is 24.8. The molecule has 3 aliphatic rings. The number of aliphatic carboxylic acids is 1. The van der Waals surface area contributed by atoms with Crippen molar-refractivity contribution in [2.75, 3.05) is 5.73 Å². The van der Waals surface area contributed by atoms with Crippen molar-refractivity contribution in [3.63, 3.8) is 0 Å². The van der Waals surface area contributed by atoms with Gasteiger partial charge < -0.3 is 36.8 Å². The second-order valence-electron chi connectivity index (χ2n) is 12.8. The Morgan fingerprint density at radius 3 is 2.61 bits per heavy atom. The molecule has 1 saturated carbocycles. The Hall–Kier alpha value is -4.37. The number of carbonyl (C=O) groups excluding carboxylic acids is 2. The van der Waals surface area contributed by atoms with Crippen LogP contribution in [-0.4, -0.2) is 92.8 Å². The number of oxime groups is 1. The van der Waals surface area contributed by atoms with Crippen LogP contribution in [0, 0.1) is 5.41 Å². The lowest BCUT2D eigenvalue weighted by Gasteiger charge is -2.50. The third-order valence-electron chi connectivity index (χ3n) is 8.82. The molecule has 1 aliphatic carbocycles. The van der Waals surface area contributed by atoms with Crippen LogP contribution in [0.1, 0.15) is 69.7 Å². The maximum atomic E-state index is 13.5. The zero-order chi connectivity index (χ0) is 35.9. The third-order valence-corrected chi connectivity index (χ3v) is 9.84. The maximum absolute atomic E-state index is 13.5. The lowest BCUT2D eigenvalue weighted by molar-refractivity contribution is -0.218. The number of carbonyl (C=O) groups is 3. The fraction of sp³-hybridized carbons (Fsp3) is 0.517. The first-order valence-electron chi connectivity index (χ1n) is 15.3. The monoisotopic (exact) mass is 722 g/mol. The Balaban J connectivity index is 1.32. The van der Waals surface area contributed by atoms with E-state index in [4.69, 9.17) is 31.0 Å². The number of carboxylic acids is 1. The number of aromatic nitrogens is 1. The van der Waals surface area contributed by atoms with Gasteiger partial charge in [-0.15, -0.1) is 15.6 Å². The molecule has 1 aromatic carbocycles. The van der Waals surface area contributed by atoms with Gasteiger partial charge in [-0.1, -0.05) is 5.16 Å². The standard InChI is InChI=1S/C29H38N8O10S2/c1-28(2)22(25(39)37(28)47-49(42,43)44)35-24(38)21(18-13-48-27(32)34-18)36-46-29(3,26(40)41)20-10-8-14-11-15(7-9-19(14)45-20)23(31)33-17-6-4-5-16(30)12-17/h7,9,11,13,16-17,20,22H,4-6,8,10,12,30H2,1-3H3,(H2,31,33)(H2,32,34)(H,35,38)(H,40,41)(H,42,43,44)/b36-21-/t16-,17+,20+,22+,29?/m0/s1. The maximum Gasteiger partial charge on any atom is 0.418 e. The number of anilines is 1. The van der Waals surface area contributed by atoms with Crippen molar-refractivity contribution in [1.82, 2.24) is 20.7 Å². The Kier molecular flexibility index (Phi) is 9.90. The van der Waals surface area contributed by atoms with Crippen LogP contribution in [0.2, 0.25) is 0 Å². The molecule has 0 spiro atoms. The third kappa shape index (κ3) is 7.62. The number of β-lactam (4-membered cyclic amide) rings is 1. The van der Waals surface area contributed by atoms with Crippen molar-refractivity contribution >= 4 is 56.2 Å². The van der Waals surface area contributed by atoms with Gasteiger partial charge in [0.15, 0.2) is 16.9 Å². The van der Waals surface area contributed by atoms with Gasteiger partial charge in [-0.05, 0) is 83.1 Å². The molecule has 1 saturated heterocycles. The summed E-state index contributed by atoms with van der Waals surface area (Å²) in [6.45, 7) is 3.98. The number of rotatable bonds is 11. The fourth-order valence-corrected chi connectivity index (χ4v) is 6.98. The summed E-state index contributed by atoms with van der Waals surface area (Å²) in [5, 5.41) is 30.2. The van der Waals surface area contributed by atoms with Crippen molar-refractivity contribution < 1.29 is 46.3 Å². The first kappa shape index (κ1) is 35.9. The van der Waals surface area contributed by atoms with Crippen LogP contribution >= 0.6 is 11.3 Å². The van der Waals surface area contributed by atoms with Gasteiger partial charge in [-0.3, -0.25) is 19.6 Å². The van der Waals surface area contributed by atoms with Crippen LogP contribution in [0.3, 0.4) is 0 Å². The molecule has 0 bridgehead atoms. The second kappa shape index (κ2) is 13.5. The molecule has 2 fully saturated rings. The highest BCUT2D eigenvalue weighted by molar-refractivity contribution is 7.80. The number of benzene rings is 1. The first-order chi connectivity index (χ1) is 22.9. The van der Waals surface area contributed by atoms with Crippen LogP contribution < -0.4 is 26.8 Å². The summed E-state index contributed by atoms with van der Waals surface area (Å²) >= 11 is 0.963. The van der Waals surface area contributed by atoms with Crippen LogP contribution in [-0.2, 0) is 40.3 Å². The first-order valence-corrected chi connectivity index (χ1v) is 17.6. The molecule has 1 unspecified atom stereocenters. The lowest BCUT2D eigenvalue weighted by Crippen LogP contribution is -2.76. The highest BCUT2D eigenvalue weighted by atomic mass is 32.3. The predicted octanol–water partition coefficient (Wildman–Crippen LogP) is 0.708. The number of amides is 2. The number of fused-ring (bicyclic) bond motifs is 1. The second-order valence-corrected chi connectivity index (χ2v) is 14.7. The highest BCUT2D eigenvalue weighted by Gasteiger charge is 2.58. The van der Waals surface area contributed by atoms with E-state index in [9.17, 15) is 27.9 Å². The van der Waals surface area contributed by atoms with Crippen LogP contribution in [0.15, 0.2) is 28.7 Å². The van der Waals surface area contributed by atoms with E-state index in [1.54, 1.807) is 12.1 Å². The summed E-state index contributed by atoms with van der Waals surface area (Å²) in [6, 6.07) is 4.07. The number of hydrogen-bond acceptors (Lipinski definition) is 14. The number of nitrogens with two attached hydrogens (primary N) is 2. The molecule has 18 nitrogen and oxygen atoms in total. The summed E-state index contributed by atoms with van der Waals surface area (Å²) in [4.78, 5) is 48.3. The summed E-state index contributed by atoms with van der Waals surface area (Å²) in [5.74, 6) is -2.80. The number of nitrogens with one attached hydrogen (secondary N) is 3. The van der Waals surface area contributed by atoms with Crippen molar-refractivity contribution in [2.45, 2.75) is 94.7 Å². The van der Waals surface area contributed by atoms with Crippen LogP contribution in [0.5, 0.6) is 5.75 Å². The Morgan fingerprint density at radius 2 is 2.00 bits per heavy atom. The average molecular weight is 723 g/mol. The number of amidine groups is 1. The van der Waals surface area contributed by atoms with Gasteiger partial charge in [0.05, 0.1) is 5.54 Å². The molecule has 20 heteroatoms. The number of carboxylic acid groups (broad SMARTS) is 1. The fourth-order valence-electron chi connectivity index (χ4n) is 5.97. The van der Waals surface area contributed by atoms with Crippen molar-refractivity contribution in [1.29, 1.82) is 5.41 Å². The smallest absolute Gasteiger partial charge is 0.418 e. The minimum absolute atomic E-state index is 0.0569. The van der Waals surface area contributed by atoms with Gasteiger partial charge in [0.1, 0.15) is 23.3 Å². The van der Waals surface area contributed by atoms with E-state index < -0.39 is 57.2 Å². The molecule has 2 aromatic rings. The van der Waals surface area contributed by atoms with E-state index in [1.165, 1.54) is 26.2 Å². The van der Waals surface area contributed by atoms with Crippen molar-refractivity contribution in [3.8, 4) is 5.75 Å². The summed E-state index contributed by atoms with van der Waals surface area (Å²) in [6.07, 6.45) is 3.19. The number of nitrogen functional groups attached to an aromatic ring is 1. The van der Waals surface area contributed by atoms with E-state index in [0.29, 0.717) is 22.8 Å². The molecular formula is C29H38N8O10S2. The Labute approximate surface area is 285 Å². The molecule has 5 rings (SSSR count). The van der Waals surface area contributed by atoms with Gasteiger partial charge in [-0.2, -0.15) is 13.5 Å². The summed E-state index contributed by atoms with van der Waals surface area (Å²) < 4.78 is 41.7. The van der Waals surface area contributed by atoms with Gasteiger partial charge in [0.25, 0.3) is 17.4 Å². The molecule has 266 valence electrons. The molecule has 0 radical (unpaired) electrons. The van der Waals surface area contributed by atoms with E-state index in [0.717, 1.165) is 42.6 Å². The van der Waals surface area contributed by atoms with E-state index in [2.05, 4.69) is 25.1 Å². The number of hydrogen-bond donors (Lipinski definition) is 7. The largest absolute Gasteiger partial charge is 0.485 e. The van der Waals surface area contributed by atoms with E-state index in [1.807, 2.05) is 6.07 Å². The lowest BCUT2D eigenvalue weighted by atomic mass is 9.84. The summed E-state index contributed by atoms with van der Waals surface area (Å²) in [7, 11) is -5.03. The molecule has 5 atom stereocenters. The Bertz CT molecular complexity index is 1800.